The summed E-state index contributed by atoms with van der Waals surface area (Å²) in [6, 6.07) is 17.9. The molecule has 0 saturated carbocycles. The van der Waals surface area contributed by atoms with E-state index in [0.29, 0.717) is 13.1 Å². The largest absolute Gasteiger partial charge is 0.396 e. The molecule has 3 fully saturated rings. The van der Waals surface area contributed by atoms with Gasteiger partial charge in [0.2, 0.25) is 0 Å². The summed E-state index contributed by atoms with van der Waals surface area (Å²) in [5.74, 6) is 0.502. The predicted octanol–water partition coefficient (Wildman–Crippen LogP) is 2.97. The van der Waals surface area contributed by atoms with Gasteiger partial charge >= 0.3 is 0 Å². The minimum absolute atomic E-state index is 0.0666. The van der Waals surface area contributed by atoms with E-state index >= 15 is 0 Å². The number of aliphatic hydroxyl groups is 1. The first-order chi connectivity index (χ1) is 12.7. The van der Waals surface area contributed by atoms with E-state index in [1.54, 1.807) is 0 Å². The summed E-state index contributed by atoms with van der Waals surface area (Å²) in [4.78, 5) is 15.3. The summed E-state index contributed by atoms with van der Waals surface area (Å²) < 4.78 is 6.26. The first-order valence-electron chi connectivity index (χ1n) is 9.44. The Morgan fingerprint density at radius 3 is 2.73 bits per heavy atom. The summed E-state index contributed by atoms with van der Waals surface area (Å²) in [5.41, 5.74) is 2.54. The van der Waals surface area contributed by atoms with E-state index in [1.165, 1.54) is 0 Å². The molecule has 4 nitrogen and oxygen atoms in total. The molecule has 1 N–H and O–H groups in total. The first-order valence-corrected chi connectivity index (χ1v) is 9.44. The number of aliphatic hydroxyl groups excluding tert-OH is 1. The van der Waals surface area contributed by atoms with Crippen molar-refractivity contribution in [3.05, 3.63) is 60.2 Å². The summed E-state index contributed by atoms with van der Waals surface area (Å²) in [6.45, 7) is 1.48. The Labute approximate surface area is 153 Å². The lowest BCUT2D eigenvalue weighted by atomic mass is 9.74. The SMILES string of the molecule is O=C(c1ccccc1-c1ccccc1)N1C[C@@H]2[C@H](CO)[C@H]3CC[C@]2(C1)O3. The van der Waals surface area contributed by atoms with Gasteiger partial charge in [-0.25, -0.2) is 0 Å². The molecule has 2 aromatic rings. The average molecular weight is 349 g/mol. The third kappa shape index (κ3) is 2.25. The average Bonchev–Trinajstić information content (AvgIpc) is 3.36. The Bertz CT molecular complexity index is 836. The molecule has 4 heteroatoms. The van der Waals surface area contributed by atoms with Crippen LogP contribution in [0.15, 0.2) is 54.6 Å². The summed E-state index contributed by atoms with van der Waals surface area (Å²) in [5, 5.41) is 9.78. The van der Waals surface area contributed by atoms with Crippen LogP contribution in [0.2, 0.25) is 0 Å². The van der Waals surface area contributed by atoms with Gasteiger partial charge < -0.3 is 14.7 Å². The number of fused-ring (bicyclic) bond motifs is 1. The smallest absolute Gasteiger partial charge is 0.254 e. The van der Waals surface area contributed by atoms with Crippen molar-refractivity contribution in [3.8, 4) is 11.1 Å². The molecular formula is C22H23NO3. The second-order valence-electron chi connectivity index (χ2n) is 7.81. The lowest BCUT2D eigenvalue weighted by Gasteiger charge is -2.27. The molecule has 2 bridgehead atoms. The van der Waals surface area contributed by atoms with Crippen LogP contribution < -0.4 is 0 Å². The zero-order valence-electron chi connectivity index (χ0n) is 14.7. The lowest BCUT2D eigenvalue weighted by Crippen LogP contribution is -2.38. The van der Waals surface area contributed by atoms with E-state index in [4.69, 9.17) is 4.74 Å². The van der Waals surface area contributed by atoms with Crippen LogP contribution in [0.1, 0.15) is 23.2 Å². The van der Waals surface area contributed by atoms with Gasteiger partial charge in [0.1, 0.15) is 0 Å². The Hall–Kier alpha value is -2.17. The zero-order chi connectivity index (χ0) is 17.7. The van der Waals surface area contributed by atoms with Crippen LogP contribution in [0.5, 0.6) is 0 Å². The monoisotopic (exact) mass is 349 g/mol. The molecule has 4 atom stereocenters. The first kappa shape index (κ1) is 16.0. The molecule has 2 aromatic carbocycles. The van der Waals surface area contributed by atoms with Gasteiger partial charge in [0.05, 0.1) is 18.2 Å². The van der Waals surface area contributed by atoms with Crippen molar-refractivity contribution in [1.29, 1.82) is 0 Å². The fourth-order valence-corrected chi connectivity index (χ4v) is 5.30. The number of carbonyl (C=O) groups is 1. The number of carbonyl (C=O) groups excluding carboxylic acids is 1. The molecule has 1 spiro atoms. The standard InChI is InChI=1S/C22H23NO3/c24-13-18-19-12-23(14-22(19)11-10-20(18)26-22)21(25)17-9-5-4-8-16(17)15-6-2-1-3-7-15/h1-9,18-20,24H,10-14H2/t18-,19+,20+,22+/m0/s1. The highest BCUT2D eigenvalue weighted by atomic mass is 16.5. The highest BCUT2D eigenvalue weighted by Gasteiger charge is 2.63. The van der Waals surface area contributed by atoms with Gasteiger partial charge in [-0.2, -0.15) is 0 Å². The highest BCUT2D eigenvalue weighted by Crippen LogP contribution is 2.54. The number of hydrogen-bond donors (Lipinski definition) is 1. The minimum atomic E-state index is -0.227. The van der Waals surface area contributed by atoms with Crippen molar-refractivity contribution >= 4 is 5.91 Å². The molecule has 0 radical (unpaired) electrons. The van der Waals surface area contributed by atoms with E-state index in [9.17, 15) is 9.90 Å². The van der Waals surface area contributed by atoms with Crippen molar-refractivity contribution in [2.24, 2.45) is 11.8 Å². The van der Waals surface area contributed by atoms with Crippen molar-refractivity contribution in [1.82, 2.24) is 4.90 Å². The van der Waals surface area contributed by atoms with Crippen molar-refractivity contribution in [3.63, 3.8) is 0 Å². The van der Waals surface area contributed by atoms with E-state index in [2.05, 4.69) is 0 Å². The molecule has 3 saturated heterocycles. The molecule has 3 aliphatic rings. The van der Waals surface area contributed by atoms with Gasteiger partial charge in [-0.05, 0) is 30.0 Å². The molecule has 134 valence electrons. The van der Waals surface area contributed by atoms with Crippen LogP contribution in [-0.4, -0.2) is 47.3 Å². The van der Waals surface area contributed by atoms with E-state index in [-0.39, 0.29) is 36.1 Å². The number of amides is 1. The number of hydrogen-bond acceptors (Lipinski definition) is 3. The van der Waals surface area contributed by atoms with Crippen LogP contribution in [0.4, 0.5) is 0 Å². The third-order valence-electron chi connectivity index (χ3n) is 6.52. The van der Waals surface area contributed by atoms with Crippen LogP contribution in [0.25, 0.3) is 11.1 Å². The quantitative estimate of drug-likeness (QED) is 0.927. The summed E-state index contributed by atoms with van der Waals surface area (Å²) >= 11 is 0. The zero-order valence-corrected chi connectivity index (χ0v) is 14.7. The maximum Gasteiger partial charge on any atom is 0.254 e. The van der Waals surface area contributed by atoms with Crippen molar-refractivity contribution < 1.29 is 14.6 Å². The van der Waals surface area contributed by atoms with Crippen molar-refractivity contribution in [2.75, 3.05) is 19.7 Å². The normalized spacial score (nSPS) is 32.0. The second kappa shape index (κ2) is 5.93. The van der Waals surface area contributed by atoms with Crippen LogP contribution >= 0.6 is 0 Å². The van der Waals surface area contributed by atoms with Gasteiger partial charge in [0, 0.05) is 30.6 Å². The second-order valence-corrected chi connectivity index (χ2v) is 7.81. The number of ether oxygens (including phenoxy) is 1. The highest BCUT2D eigenvalue weighted by molar-refractivity contribution is 6.01. The van der Waals surface area contributed by atoms with Crippen LogP contribution in [-0.2, 0) is 4.74 Å². The van der Waals surface area contributed by atoms with Crippen LogP contribution in [0.3, 0.4) is 0 Å². The third-order valence-corrected chi connectivity index (χ3v) is 6.52. The number of benzene rings is 2. The topological polar surface area (TPSA) is 49.8 Å². The predicted molar refractivity (Wildman–Crippen MR) is 98.7 cm³/mol. The minimum Gasteiger partial charge on any atom is -0.396 e. The van der Waals surface area contributed by atoms with E-state index in [0.717, 1.165) is 29.5 Å². The summed E-state index contributed by atoms with van der Waals surface area (Å²) in [7, 11) is 0. The maximum absolute atomic E-state index is 13.3. The van der Waals surface area contributed by atoms with Crippen LogP contribution in [0, 0.1) is 11.8 Å². The molecule has 0 aliphatic carbocycles. The Kier molecular flexibility index (Phi) is 3.66. The lowest BCUT2D eigenvalue weighted by molar-refractivity contribution is 0.00155. The fourth-order valence-electron chi connectivity index (χ4n) is 5.30. The molecule has 1 amide bonds. The van der Waals surface area contributed by atoms with E-state index < -0.39 is 0 Å². The fraction of sp³-hybridized carbons (Fsp3) is 0.409. The van der Waals surface area contributed by atoms with Gasteiger partial charge in [-0.1, -0.05) is 48.5 Å². The van der Waals surface area contributed by atoms with Gasteiger partial charge in [-0.15, -0.1) is 0 Å². The van der Waals surface area contributed by atoms with Crippen molar-refractivity contribution in [2.45, 2.75) is 24.5 Å². The Balaban J connectivity index is 1.46. The van der Waals surface area contributed by atoms with E-state index in [1.807, 2.05) is 59.5 Å². The number of likely N-dealkylation sites (tertiary alicyclic amines) is 1. The molecule has 0 aromatic heterocycles. The molecule has 3 heterocycles. The summed E-state index contributed by atoms with van der Waals surface area (Å²) in [6.07, 6.45) is 2.19. The Morgan fingerprint density at radius 2 is 1.92 bits per heavy atom. The number of rotatable bonds is 3. The van der Waals surface area contributed by atoms with Gasteiger partial charge in [-0.3, -0.25) is 4.79 Å². The van der Waals surface area contributed by atoms with Gasteiger partial charge in [0.25, 0.3) is 5.91 Å². The molecule has 26 heavy (non-hydrogen) atoms. The molecule has 0 unspecified atom stereocenters. The van der Waals surface area contributed by atoms with Gasteiger partial charge in [0.15, 0.2) is 0 Å². The Morgan fingerprint density at radius 1 is 1.15 bits per heavy atom. The molecule has 3 aliphatic heterocycles. The molecule has 5 rings (SSSR count). The number of nitrogens with zero attached hydrogens (tertiary/aromatic N) is 1. The maximum atomic E-state index is 13.3. The molecular weight excluding hydrogens is 326 g/mol.